The fourth-order valence-corrected chi connectivity index (χ4v) is 4.24. The minimum Gasteiger partial charge on any atom is -0.495 e. The standard InChI is InChI=1S/C15H23NO4S/c1-11-8-9-14(20-2)15(10-11)21(18,19)16-12-6-4-3-5-7-13(12)17/h8-10,12-13,16-17H,3-7H2,1-2H3. The van der Waals surface area contributed by atoms with Gasteiger partial charge in [0.2, 0.25) is 10.0 Å². The molecule has 2 atom stereocenters. The Morgan fingerprint density at radius 1 is 1.24 bits per heavy atom. The molecule has 1 aliphatic carbocycles. The number of sulfonamides is 1. The Hall–Kier alpha value is -1.11. The summed E-state index contributed by atoms with van der Waals surface area (Å²) in [5, 5.41) is 10.1. The van der Waals surface area contributed by atoms with Crippen LogP contribution in [0.4, 0.5) is 0 Å². The van der Waals surface area contributed by atoms with Crippen LogP contribution in [0.5, 0.6) is 5.75 Å². The molecule has 1 aliphatic rings. The van der Waals surface area contributed by atoms with Crippen LogP contribution < -0.4 is 9.46 Å². The highest BCUT2D eigenvalue weighted by atomic mass is 32.2. The fourth-order valence-electron chi connectivity index (χ4n) is 2.68. The predicted molar refractivity (Wildman–Crippen MR) is 80.9 cm³/mol. The van der Waals surface area contributed by atoms with Crippen LogP contribution in [0.15, 0.2) is 23.1 Å². The van der Waals surface area contributed by atoms with Crippen LogP contribution in [0.2, 0.25) is 0 Å². The molecule has 2 unspecified atom stereocenters. The summed E-state index contributed by atoms with van der Waals surface area (Å²) < 4.78 is 33.0. The van der Waals surface area contributed by atoms with Gasteiger partial charge in [-0.3, -0.25) is 0 Å². The van der Waals surface area contributed by atoms with E-state index in [0.29, 0.717) is 18.6 Å². The van der Waals surface area contributed by atoms with E-state index in [4.69, 9.17) is 4.74 Å². The summed E-state index contributed by atoms with van der Waals surface area (Å²) in [6, 6.07) is 4.61. The maximum absolute atomic E-state index is 12.6. The number of nitrogens with one attached hydrogen (secondary N) is 1. The molecule has 0 aliphatic heterocycles. The summed E-state index contributed by atoms with van der Waals surface area (Å²) in [4.78, 5) is 0.126. The van der Waals surface area contributed by atoms with E-state index in [1.807, 2.05) is 6.92 Å². The lowest BCUT2D eigenvalue weighted by atomic mass is 10.1. The lowest BCUT2D eigenvalue weighted by Gasteiger charge is -2.22. The van der Waals surface area contributed by atoms with Crippen LogP contribution in [-0.4, -0.2) is 32.8 Å². The van der Waals surface area contributed by atoms with E-state index < -0.39 is 22.2 Å². The van der Waals surface area contributed by atoms with Gasteiger partial charge in [0, 0.05) is 6.04 Å². The number of hydrogen-bond acceptors (Lipinski definition) is 4. The van der Waals surface area contributed by atoms with Crippen molar-refractivity contribution in [1.29, 1.82) is 0 Å². The van der Waals surface area contributed by atoms with Crippen LogP contribution in [0, 0.1) is 6.92 Å². The van der Waals surface area contributed by atoms with Gasteiger partial charge in [-0.05, 0) is 37.5 Å². The summed E-state index contributed by atoms with van der Waals surface area (Å²) in [5.41, 5.74) is 0.845. The molecule has 21 heavy (non-hydrogen) atoms. The van der Waals surface area contributed by atoms with Crippen molar-refractivity contribution >= 4 is 10.0 Å². The van der Waals surface area contributed by atoms with Gasteiger partial charge in [-0.1, -0.05) is 25.3 Å². The number of methoxy groups -OCH3 is 1. The molecule has 1 saturated carbocycles. The zero-order valence-electron chi connectivity index (χ0n) is 12.5. The molecule has 5 nitrogen and oxygen atoms in total. The number of ether oxygens (including phenoxy) is 1. The quantitative estimate of drug-likeness (QED) is 0.833. The lowest BCUT2D eigenvalue weighted by Crippen LogP contribution is -2.42. The fraction of sp³-hybridized carbons (Fsp3) is 0.600. The molecule has 0 spiro atoms. The van der Waals surface area contributed by atoms with Crippen molar-refractivity contribution in [3.63, 3.8) is 0 Å². The molecule has 2 rings (SSSR count). The predicted octanol–water partition coefficient (Wildman–Crippen LogP) is 1.98. The van der Waals surface area contributed by atoms with Gasteiger partial charge in [0.05, 0.1) is 13.2 Å². The third kappa shape index (κ3) is 3.96. The number of hydrogen-bond donors (Lipinski definition) is 2. The number of aryl methyl sites for hydroxylation is 1. The maximum atomic E-state index is 12.6. The first-order valence-electron chi connectivity index (χ1n) is 7.29. The molecule has 0 amide bonds. The SMILES string of the molecule is COc1ccc(C)cc1S(=O)(=O)NC1CCCCCC1O. The molecule has 118 valence electrons. The van der Waals surface area contributed by atoms with Crippen molar-refractivity contribution in [2.45, 2.75) is 56.1 Å². The van der Waals surface area contributed by atoms with E-state index in [1.165, 1.54) is 7.11 Å². The third-order valence-electron chi connectivity index (χ3n) is 3.89. The van der Waals surface area contributed by atoms with Gasteiger partial charge in [-0.15, -0.1) is 0 Å². The third-order valence-corrected chi connectivity index (χ3v) is 5.41. The van der Waals surface area contributed by atoms with E-state index >= 15 is 0 Å². The van der Waals surface area contributed by atoms with Crippen molar-refractivity contribution in [3.8, 4) is 5.75 Å². The van der Waals surface area contributed by atoms with Gasteiger partial charge in [-0.25, -0.2) is 13.1 Å². The zero-order chi connectivity index (χ0) is 15.5. The topological polar surface area (TPSA) is 75.6 Å². The van der Waals surface area contributed by atoms with Gasteiger partial charge in [0.1, 0.15) is 10.6 Å². The van der Waals surface area contributed by atoms with Crippen LogP contribution >= 0.6 is 0 Å². The van der Waals surface area contributed by atoms with Gasteiger partial charge >= 0.3 is 0 Å². The number of rotatable bonds is 4. The second-order valence-corrected chi connectivity index (χ2v) is 7.27. The molecule has 1 aromatic carbocycles. The van der Waals surface area contributed by atoms with E-state index in [9.17, 15) is 13.5 Å². The van der Waals surface area contributed by atoms with Crippen molar-refractivity contribution in [3.05, 3.63) is 23.8 Å². The van der Waals surface area contributed by atoms with Crippen LogP contribution in [0.25, 0.3) is 0 Å². The van der Waals surface area contributed by atoms with Crippen molar-refractivity contribution in [2.24, 2.45) is 0 Å². The zero-order valence-corrected chi connectivity index (χ0v) is 13.3. The van der Waals surface area contributed by atoms with Crippen LogP contribution in [0.1, 0.15) is 37.7 Å². The Balaban J connectivity index is 2.27. The second-order valence-electron chi connectivity index (χ2n) is 5.59. The Morgan fingerprint density at radius 2 is 1.95 bits per heavy atom. The van der Waals surface area contributed by atoms with Crippen molar-refractivity contribution in [2.75, 3.05) is 7.11 Å². The number of benzene rings is 1. The largest absolute Gasteiger partial charge is 0.495 e. The van der Waals surface area contributed by atoms with E-state index in [2.05, 4.69) is 4.72 Å². The minimum absolute atomic E-state index is 0.126. The molecule has 0 saturated heterocycles. The second kappa shape index (κ2) is 6.77. The van der Waals surface area contributed by atoms with Crippen molar-refractivity contribution in [1.82, 2.24) is 4.72 Å². The molecule has 2 N–H and O–H groups in total. The molecule has 0 aromatic heterocycles. The van der Waals surface area contributed by atoms with Gasteiger partial charge < -0.3 is 9.84 Å². The average Bonchev–Trinajstić information content (AvgIpc) is 2.64. The Labute approximate surface area is 126 Å². The molecule has 1 aromatic rings. The Bertz CT molecular complexity index is 585. The summed E-state index contributed by atoms with van der Waals surface area (Å²) in [7, 11) is -2.26. The molecule has 0 radical (unpaired) electrons. The highest BCUT2D eigenvalue weighted by Gasteiger charge is 2.28. The first-order valence-corrected chi connectivity index (χ1v) is 8.77. The maximum Gasteiger partial charge on any atom is 0.244 e. The first-order chi connectivity index (χ1) is 9.94. The molecule has 6 heteroatoms. The normalized spacial score (nSPS) is 23.6. The summed E-state index contributed by atoms with van der Waals surface area (Å²) >= 11 is 0. The first kappa shape index (κ1) is 16.3. The van der Waals surface area contributed by atoms with Gasteiger partial charge in [0.15, 0.2) is 0 Å². The minimum atomic E-state index is -3.71. The van der Waals surface area contributed by atoms with Crippen LogP contribution in [-0.2, 0) is 10.0 Å². The molecular formula is C15H23NO4S. The van der Waals surface area contributed by atoms with Crippen molar-refractivity contribution < 1.29 is 18.3 Å². The van der Waals surface area contributed by atoms with E-state index in [-0.39, 0.29) is 4.90 Å². The molecule has 1 fully saturated rings. The summed E-state index contributed by atoms with van der Waals surface area (Å²) in [6.07, 6.45) is 3.57. The highest BCUT2D eigenvalue weighted by Crippen LogP contribution is 2.26. The summed E-state index contributed by atoms with van der Waals surface area (Å²) in [6.45, 7) is 1.83. The molecule has 0 heterocycles. The number of aliphatic hydroxyl groups excluding tert-OH is 1. The smallest absolute Gasteiger partial charge is 0.244 e. The highest BCUT2D eigenvalue weighted by molar-refractivity contribution is 7.89. The molecule has 0 bridgehead atoms. The molecular weight excluding hydrogens is 290 g/mol. The lowest BCUT2D eigenvalue weighted by molar-refractivity contribution is 0.130. The van der Waals surface area contributed by atoms with Crippen LogP contribution in [0.3, 0.4) is 0 Å². The van der Waals surface area contributed by atoms with Gasteiger partial charge in [-0.2, -0.15) is 0 Å². The monoisotopic (exact) mass is 313 g/mol. The average molecular weight is 313 g/mol. The summed E-state index contributed by atoms with van der Waals surface area (Å²) in [5.74, 6) is 0.316. The van der Waals surface area contributed by atoms with E-state index in [0.717, 1.165) is 24.8 Å². The van der Waals surface area contributed by atoms with Gasteiger partial charge in [0.25, 0.3) is 0 Å². The number of aliphatic hydroxyl groups is 1. The van der Waals surface area contributed by atoms with E-state index in [1.54, 1.807) is 18.2 Å². The Kier molecular flexibility index (Phi) is 5.24. The Morgan fingerprint density at radius 3 is 2.67 bits per heavy atom.